The quantitative estimate of drug-likeness (QED) is 0.730. The minimum atomic E-state index is -0.122. The molecule has 0 saturated heterocycles. The van der Waals surface area contributed by atoms with Crippen molar-refractivity contribution in [1.82, 2.24) is 5.32 Å². The summed E-state index contributed by atoms with van der Waals surface area (Å²) in [7, 11) is 0. The first-order valence-corrected chi connectivity index (χ1v) is 6.56. The molecule has 17 heavy (non-hydrogen) atoms. The summed E-state index contributed by atoms with van der Waals surface area (Å²) >= 11 is 0. The molecule has 1 rings (SSSR count). The van der Waals surface area contributed by atoms with Gasteiger partial charge in [-0.25, -0.2) is 0 Å². The van der Waals surface area contributed by atoms with Gasteiger partial charge in [-0.3, -0.25) is 0 Å². The van der Waals surface area contributed by atoms with Crippen LogP contribution in [0.25, 0.3) is 0 Å². The van der Waals surface area contributed by atoms with Crippen molar-refractivity contribution >= 4 is 0 Å². The van der Waals surface area contributed by atoms with Crippen LogP contribution in [0.1, 0.15) is 39.2 Å². The summed E-state index contributed by atoms with van der Waals surface area (Å²) in [5.74, 6) is 0.965. The summed E-state index contributed by atoms with van der Waals surface area (Å²) < 4.78 is 6.12. The van der Waals surface area contributed by atoms with Crippen LogP contribution in [0, 0.1) is 6.92 Å². The summed E-state index contributed by atoms with van der Waals surface area (Å²) in [5.41, 5.74) is 1.12. The fraction of sp³-hybridized carbons (Fsp3) is 0.600. The lowest BCUT2D eigenvalue weighted by molar-refractivity contribution is 0.0837. The Morgan fingerprint density at radius 3 is 2.65 bits per heavy atom. The number of benzene rings is 1. The van der Waals surface area contributed by atoms with E-state index in [2.05, 4.69) is 45.1 Å². The van der Waals surface area contributed by atoms with Crippen LogP contribution in [-0.4, -0.2) is 18.7 Å². The zero-order chi connectivity index (χ0) is 12.7. The van der Waals surface area contributed by atoms with Crippen LogP contribution >= 0.6 is 0 Å². The van der Waals surface area contributed by atoms with Crippen molar-refractivity contribution in [2.24, 2.45) is 0 Å². The van der Waals surface area contributed by atoms with Crippen LogP contribution in [0.3, 0.4) is 0 Å². The van der Waals surface area contributed by atoms with Crippen molar-refractivity contribution in [3.8, 4) is 5.75 Å². The molecular weight excluding hydrogens is 210 g/mol. The number of hydrogen-bond acceptors (Lipinski definition) is 2. The van der Waals surface area contributed by atoms with E-state index < -0.39 is 0 Å². The predicted molar refractivity (Wildman–Crippen MR) is 73.7 cm³/mol. The van der Waals surface area contributed by atoms with Crippen molar-refractivity contribution in [2.45, 2.75) is 46.1 Å². The van der Waals surface area contributed by atoms with Crippen LogP contribution in [0.5, 0.6) is 5.75 Å². The van der Waals surface area contributed by atoms with E-state index in [4.69, 9.17) is 4.74 Å². The van der Waals surface area contributed by atoms with Gasteiger partial charge in [-0.05, 0) is 50.9 Å². The van der Waals surface area contributed by atoms with E-state index in [1.54, 1.807) is 0 Å². The van der Waals surface area contributed by atoms with Gasteiger partial charge in [0.05, 0.1) is 0 Å². The number of ether oxygens (including phenoxy) is 1. The van der Waals surface area contributed by atoms with Gasteiger partial charge in [0, 0.05) is 6.54 Å². The molecule has 1 N–H and O–H groups in total. The maximum absolute atomic E-state index is 6.12. The molecule has 0 aromatic heterocycles. The zero-order valence-corrected chi connectivity index (χ0v) is 11.5. The van der Waals surface area contributed by atoms with E-state index in [1.807, 2.05) is 12.1 Å². The van der Waals surface area contributed by atoms with Gasteiger partial charge in [-0.15, -0.1) is 0 Å². The van der Waals surface area contributed by atoms with Crippen molar-refractivity contribution in [1.29, 1.82) is 0 Å². The molecule has 96 valence electrons. The van der Waals surface area contributed by atoms with Crippen molar-refractivity contribution in [3.63, 3.8) is 0 Å². The SMILES string of the molecule is CCCNCC(C)(CC)Oc1cccc(C)c1. The predicted octanol–water partition coefficient (Wildman–Crippen LogP) is 3.54. The van der Waals surface area contributed by atoms with Crippen LogP contribution < -0.4 is 10.1 Å². The molecule has 0 saturated carbocycles. The number of aryl methyl sites for hydroxylation is 1. The fourth-order valence-electron chi connectivity index (χ4n) is 1.73. The molecule has 0 aliphatic heterocycles. The van der Waals surface area contributed by atoms with Crippen molar-refractivity contribution in [2.75, 3.05) is 13.1 Å². The Labute approximate surface area is 105 Å². The molecule has 2 heteroatoms. The molecule has 0 radical (unpaired) electrons. The lowest BCUT2D eigenvalue weighted by atomic mass is 10.0. The molecular formula is C15H25NO. The lowest BCUT2D eigenvalue weighted by Gasteiger charge is -2.30. The highest BCUT2D eigenvalue weighted by Crippen LogP contribution is 2.21. The molecule has 1 atom stereocenters. The van der Waals surface area contributed by atoms with Crippen LogP contribution in [0.4, 0.5) is 0 Å². The molecule has 2 nitrogen and oxygen atoms in total. The Morgan fingerprint density at radius 2 is 2.06 bits per heavy atom. The van der Waals surface area contributed by atoms with Crippen molar-refractivity contribution in [3.05, 3.63) is 29.8 Å². The third-order valence-electron chi connectivity index (χ3n) is 3.03. The summed E-state index contributed by atoms with van der Waals surface area (Å²) in [6, 6.07) is 8.25. The smallest absolute Gasteiger partial charge is 0.120 e. The van der Waals surface area contributed by atoms with E-state index in [1.165, 1.54) is 5.56 Å². The second kappa shape index (κ2) is 6.65. The van der Waals surface area contributed by atoms with Crippen LogP contribution in [-0.2, 0) is 0 Å². The molecule has 0 fully saturated rings. The Kier molecular flexibility index (Phi) is 5.49. The number of rotatable bonds is 7. The number of hydrogen-bond donors (Lipinski definition) is 1. The fourth-order valence-corrected chi connectivity index (χ4v) is 1.73. The molecule has 0 bridgehead atoms. The minimum Gasteiger partial charge on any atom is -0.486 e. The summed E-state index contributed by atoms with van der Waals surface area (Å²) in [6.45, 7) is 10.5. The minimum absolute atomic E-state index is 0.122. The normalized spacial score (nSPS) is 14.4. The highest BCUT2D eigenvalue weighted by atomic mass is 16.5. The van der Waals surface area contributed by atoms with Gasteiger partial charge in [0.1, 0.15) is 11.4 Å². The van der Waals surface area contributed by atoms with E-state index in [0.29, 0.717) is 0 Å². The molecule has 0 aliphatic rings. The van der Waals surface area contributed by atoms with E-state index in [9.17, 15) is 0 Å². The standard InChI is InChI=1S/C15H25NO/c1-5-10-16-12-15(4,6-2)17-14-9-7-8-13(3)11-14/h7-9,11,16H,5-6,10,12H2,1-4H3. The molecule has 0 amide bonds. The average Bonchev–Trinajstić information content (AvgIpc) is 2.29. The second-order valence-corrected chi connectivity index (χ2v) is 4.90. The third kappa shape index (κ3) is 4.78. The zero-order valence-electron chi connectivity index (χ0n) is 11.5. The van der Waals surface area contributed by atoms with Gasteiger partial charge in [0.25, 0.3) is 0 Å². The lowest BCUT2D eigenvalue weighted by Crippen LogP contribution is -2.42. The van der Waals surface area contributed by atoms with E-state index in [-0.39, 0.29) is 5.60 Å². The van der Waals surface area contributed by atoms with Gasteiger partial charge >= 0.3 is 0 Å². The van der Waals surface area contributed by atoms with Crippen molar-refractivity contribution < 1.29 is 4.74 Å². The molecule has 1 unspecified atom stereocenters. The van der Waals surface area contributed by atoms with Crippen LogP contribution in [0.2, 0.25) is 0 Å². The van der Waals surface area contributed by atoms with Gasteiger partial charge in [0.2, 0.25) is 0 Å². The first-order valence-electron chi connectivity index (χ1n) is 6.56. The Bertz CT molecular complexity index is 337. The van der Waals surface area contributed by atoms with E-state index >= 15 is 0 Å². The molecule has 0 aliphatic carbocycles. The molecule has 0 heterocycles. The largest absolute Gasteiger partial charge is 0.486 e. The summed E-state index contributed by atoms with van der Waals surface area (Å²) in [5, 5.41) is 3.44. The van der Waals surface area contributed by atoms with Gasteiger partial charge in [-0.2, -0.15) is 0 Å². The molecule has 1 aromatic carbocycles. The monoisotopic (exact) mass is 235 g/mol. The van der Waals surface area contributed by atoms with Gasteiger partial charge < -0.3 is 10.1 Å². The van der Waals surface area contributed by atoms with Crippen LogP contribution in [0.15, 0.2) is 24.3 Å². The first-order chi connectivity index (χ1) is 8.09. The highest BCUT2D eigenvalue weighted by Gasteiger charge is 2.23. The van der Waals surface area contributed by atoms with Gasteiger partial charge in [0.15, 0.2) is 0 Å². The van der Waals surface area contributed by atoms with E-state index in [0.717, 1.165) is 31.7 Å². The average molecular weight is 235 g/mol. The number of nitrogens with one attached hydrogen (secondary N) is 1. The Balaban J connectivity index is 2.61. The Hall–Kier alpha value is -1.02. The summed E-state index contributed by atoms with van der Waals surface area (Å²) in [4.78, 5) is 0. The third-order valence-corrected chi connectivity index (χ3v) is 3.03. The highest BCUT2D eigenvalue weighted by molar-refractivity contribution is 5.28. The Morgan fingerprint density at radius 1 is 1.29 bits per heavy atom. The topological polar surface area (TPSA) is 21.3 Å². The summed E-state index contributed by atoms with van der Waals surface area (Å²) in [6.07, 6.45) is 2.15. The van der Waals surface area contributed by atoms with Gasteiger partial charge in [-0.1, -0.05) is 26.0 Å². The maximum atomic E-state index is 6.12. The first kappa shape index (κ1) is 14.0. The molecule has 0 spiro atoms. The molecule has 1 aromatic rings. The maximum Gasteiger partial charge on any atom is 0.120 e. The second-order valence-electron chi connectivity index (χ2n) is 4.90.